The maximum atomic E-state index is 11.2. The Balaban J connectivity index is 3.46. The molecule has 5 N–H and O–H groups in total. The summed E-state index contributed by atoms with van der Waals surface area (Å²) in [6, 6.07) is 0. The van der Waals surface area contributed by atoms with Crippen molar-refractivity contribution in [1.82, 2.24) is 16.2 Å². The molecule has 0 bridgehead atoms. The first-order chi connectivity index (χ1) is 9.41. The van der Waals surface area contributed by atoms with Gasteiger partial charge in [0.2, 0.25) is 11.8 Å². The Morgan fingerprint density at radius 3 is 1.75 bits per heavy atom. The average Bonchev–Trinajstić information content (AvgIpc) is 2.33. The molecule has 0 rings (SSSR count). The highest BCUT2D eigenvalue weighted by molar-refractivity contribution is 5.77. The molecular weight excluding hydrogens is 270 g/mol. The second kappa shape index (κ2) is 10.7. The highest BCUT2D eigenvalue weighted by atomic mass is 16.4. The van der Waals surface area contributed by atoms with Gasteiger partial charge in [0.05, 0.1) is 6.67 Å². The summed E-state index contributed by atoms with van der Waals surface area (Å²) in [6.07, 6.45) is 0.522. The lowest BCUT2D eigenvalue weighted by molar-refractivity contribution is -0.138. The molecule has 9 nitrogen and oxygen atoms in total. The fourth-order valence-electron chi connectivity index (χ4n) is 1.24. The molecule has 20 heavy (non-hydrogen) atoms. The van der Waals surface area contributed by atoms with Crippen molar-refractivity contribution >= 4 is 23.8 Å². The van der Waals surface area contributed by atoms with Gasteiger partial charge in [0.1, 0.15) is 0 Å². The topological polar surface area (TPSA) is 145 Å². The number of carbonyl (C=O) groups excluding carboxylic acids is 2. The molecule has 114 valence electrons. The lowest BCUT2D eigenvalue weighted by Crippen LogP contribution is -2.44. The highest BCUT2D eigenvalue weighted by Gasteiger charge is 2.04. The van der Waals surface area contributed by atoms with E-state index in [1.54, 1.807) is 0 Å². The molecule has 0 atom stereocenters. The van der Waals surface area contributed by atoms with Gasteiger partial charge in [0.15, 0.2) is 0 Å². The summed E-state index contributed by atoms with van der Waals surface area (Å²) in [5, 5.41) is 19.2. The number of hydrazine groups is 1. The number of rotatable bonds is 11. The van der Waals surface area contributed by atoms with E-state index in [0.29, 0.717) is 0 Å². The summed E-state index contributed by atoms with van der Waals surface area (Å²) in [5.41, 5.74) is 4.75. The molecule has 2 amide bonds. The van der Waals surface area contributed by atoms with Gasteiger partial charge in [0, 0.05) is 25.7 Å². The van der Waals surface area contributed by atoms with Crippen LogP contribution in [0.5, 0.6) is 0 Å². The largest absolute Gasteiger partial charge is 0.481 e. The fourth-order valence-corrected chi connectivity index (χ4v) is 1.24. The van der Waals surface area contributed by atoms with Crippen molar-refractivity contribution in [2.24, 2.45) is 0 Å². The molecule has 0 aromatic carbocycles. The molecule has 0 spiro atoms. The summed E-state index contributed by atoms with van der Waals surface area (Å²) in [7, 11) is 0. The Morgan fingerprint density at radius 1 is 0.750 bits per heavy atom. The van der Waals surface area contributed by atoms with Gasteiger partial charge in [-0.2, -0.15) is 0 Å². The van der Waals surface area contributed by atoms with Crippen LogP contribution in [0.1, 0.15) is 38.5 Å². The monoisotopic (exact) mass is 289 g/mol. The summed E-state index contributed by atoms with van der Waals surface area (Å²) in [6.45, 7) is 0.0105. The van der Waals surface area contributed by atoms with Crippen LogP contribution in [0.25, 0.3) is 0 Å². The normalized spacial score (nSPS) is 9.80. The zero-order valence-electron chi connectivity index (χ0n) is 11.0. The Hall–Kier alpha value is -2.16. The van der Waals surface area contributed by atoms with Crippen LogP contribution in [0.2, 0.25) is 0 Å². The SMILES string of the molecule is O=C(O)CCCC(=O)NCNNC(=O)CCCC(=O)O. The Bertz CT molecular complexity index is 324. The van der Waals surface area contributed by atoms with Crippen LogP contribution in [0.4, 0.5) is 0 Å². The first-order valence-corrected chi connectivity index (χ1v) is 6.14. The maximum absolute atomic E-state index is 11.2. The third-order valence-electron chi connectivity index (χ3n) is 2.19. The van der Waals surface area contributed by atoms with Crippen LogP contribution in [0.3, 0.4) is 0 Å². The molecule has 0 aliphatic carbocycles. The molecular formula is C11H19N3O6. The third kappa shape index (κ3) is 12.3. The van der Waals surface area contributed by atoms with E-state index in [1.807, 2.05) is 0 Å². The number of carboxylic acid groups (broad SMARTS) is 2. The Morgan fingerprint density at radius 2 is 1.25 bits per heavy atom. The molecule has 0 aliphatic heterocycles. The third-order valence-corrected chi connectivity index (χ3v) is 2.19. The van der Waals surface area contributed by atoms with Crippen molar-refractivity contribution < 1.29 is 29.4 Å². The van der Waals surface area contributed by atoms with E-state index in [4.69, 9.17) is 10.2 Å². The van der Waals surface area contributed by atoms with Crippen LogP contribution in [-0.2, 0) is 19.2 Å². The molecule has 0 unspecified atom stereocenters. The summed E-state index contributed by atoms with van der Waals surface area (Å²) in [4.78, 5) is 42.8. The fraction of sp³-hybridized carbons (Fsp3) is 0.636. The van der Waals surface area contributed by atoms with Gasteiger partial charge in [-0.3, -0.25) is 24.6 Å². The van der Waals surface area contributed by atoms with Crippen molar-refractivity contribution in [3.8, 4) is 0 Å². The number of carbonyl (C=O) groups is 4. The second-order valence-corrected chi connectivity index (χ2v) is 4.00. The number of nitrogens with one attached hydrogen (secondary N) is 3. The van der Waals surface area contributed by atoms with E-state index in [9.17, 15) is 19.2 Å². The lowest BCUT2D eigenvalue weighted by Gasteiger charge is -2.08. The van der Waals surface area contributed by atoms with Gasteiger partial charge in [-0.05, 0) is 12.8 Å². The zero-order valence-corrected chi connectivity index (χ0v) is 11.0. The number of hydrogen-bond acceptors (Lipinski definition) is 5. The van der Waals surface area contributed by atoms with Gasteiger partial charge in [-0.25, -0.2) is 5.43 Å². The second-order valence-electron chi connectivity index (χ2n) is 4.00. The minimum atomic E-state index is -0.959. The van der Waals surface area contributed by atoms with Crippen LogP contribution in [-0.4, -0.2) is 40.6 Å². The van der Waals surface area contributed by atoms with E-state index in [0.717, 1.165) is 0 Å². The molecule has 0 aromatic heterocycles. The standard InChI is InChI=1S/C11H19N3O6/c15-8(3-1-5-10(17)18)12-7-13-14-9(16)4-2-6-11(19)20/h13H,1-7H2,(H,12,15)(H,14,16)(H,17,18)(H,19,20). The lowest BCUT2D eigenvalue weighted by atomic mass is 10.2. The van der Waals surface area contributed by atoms with Gasteiger partial charge in [-0.15, -0.1) is 0 Å². The van der Waals surface area contributed by atoms with Gasteiger partial charge in [-0.1, -0.05) is 0 Å². The molecule has 0 saturated carbocycles. The van der Waals surface area contributed by atoms with E-state index in [1.165, 1.54) is 0 Å². The Kier molecular flexibility index (Phi) is 9.57. The van der Waals surface area contributed by atoms with Crippen LogP contribution < -0.4 is 16.2 Å². The predicted molar refractivity (Wildman–Crippen MR) is 67.3 cm³/mol. The number of hydrogen-bond donors (Lipinski definition) is 5. The van der Waals surface area contributed by atoms with E-state index >= 15 is 0 Å². The minimum absolute atomic E-state index is 0.0105. The van der Waals surface area contributed by atoms with Gasteiger partial charge >= 0.3 is 11.9 Å². The molecule has 0 aliphatic rings. The van der Waals surface area contributed by atoms with Crippen LogP contribution in [0, 0.1) is 0 Å². The van der Waals surface area contributed by atoms with Gasteiger partial charge in [0.25, 0.3) is 0 Å². The molecule has 0 heterocycles. The first kappa shape index (κ1) is 17.8. The molecule has 0 saturated heterocycles. The molecule has 9 heteroatoms. The van der Waals surface area contributed by atoms with Crippen LogP contribution >= 0.6 is 0 Å². The summed E-state index contributed by atoms with van der Waals surface area (Å²) in [5.74, 6) is -2.60. The maximum Gasteiger partial charge on any atom is 0.303 e. The first-order valence-electron chi connectivity index (χ1n) is 6.14. The van der Waals surface area contributed by atoms with E-state index in [-0.39, 0.29) is 57.0 Å². The van der Waals surface area contributed by atoms with Gasteiger partial charge < -0.3 is 15.5 Å². The smallest absolute Gasteiger partial charge is 0.303 e. The van der Waals surface area contributed by atoms with Crippen molar-refractivity contribution in [2.45, 2.75) is 38.5 Å². The van der Waals surface area contributed by atoms with E-state index in [2.05, 4.69) is 16.2 Å². The van der Waals surface area contributed by atoms with Crippen LogP contribution in [0.15, 0.2) is 0 Å². The van der Waals surface area contributed by atoms with Crippen molar-refractivity contribution in [2.75, 3.05) is 6.67 Å². The van der Waals surface area contributed by atoms with Crippen molar-refractivity contribution in [1.29, 1.82) is 0 Å². The van der Waals surface area contributed by atoms with Crippen molar-refractivity contribution in [3.63, 3.8) is 0 Å². The average molecular weight is 289 g/mol. The van der Waals surface area contributed by atoms with E-state index < -0.39 is 11.9 Å². The molecule has 0 radical (unpaired) electrons. The molecule has 0 aromatic rings. The number of aliphatic carboxylic acids is 2. The number of carboxylic acids is 2. The summed E-state index contributed by atoms with van der Waals surface area (Å²) >= 11 is 0. The van der Waals surface area contributed by atoms with Crippen molar-refractivity contribution in [3.05, 3.63) is 0 Å². The Labute approximate surface area is 115 Å². The minimum Gasteiger partial charge on any atom is -0.481 e. The summed E-state index contributed by atoms with van der Waals surface area (Å²) < 4.78 is 0. The highest BCUT2D eigenvalue weighted by Crippen LogP contribution is 1.95. The predicted octanol–water partition coefficient (Wildman–Crippen LogP) is -0.809. The quantitative estimate of drug-likeness (QED) is 0.190. The number of amides is 2. The zero-order chi connectivity index (χ0) is 15.4. The molecule has 0 fully saturated rings.